The maximum atomic E-state index is 12.8. The Bertz CT molecular complexity index is 543. The summed E-state index contributed by atoms with van der Waals surface area (Å²) in [6.45, 7) is 7.43. The standard InChI is InChI=1S/C14H22BrNO3S/c1-9(2)19-14(17)16-11-6-7-12(15)13(8-11)20(5,18)10(3)4/h6-10,20H,1-5H3,(H,16,17). The first kappa shape index (κ1) is 17.2. The molecule has 0 heterocycles. The summed E-state index contributed by atoms with van der Waals surface area (Å²) >= 11 is 3.42. The summed E-state index contributed by atoms with van der Waals surface area (Å²) in [5.74, 6) is 0. The third-order valence-electron chi connectivity index (χ3n) is 3.00. The number of carbonyl (C=O) groups excluding carboxylic acids is 1. The van der Waals surface area contributed by atoms with Crippen molar-refractivity contribution < 1.29 is 13.7 Å². The number of thiol groups is 1. The molecule has 4 nitrogen and oxygen atoms in total. The molecule has 1 aromatic rings. The third-order valence-corrected chi connectivity index (χ3v) is 7.29. The Morgan fingerprint density at radius 2 is 1.90 bits per heavy atom. The minimum Gasteiger partial charge on any atom is -0.447 e. The first-order valence-electron chi connectivity index (χ1n) is 6.49. The largest absolute Gasteiger partial charge is 0.447 e. The Labute approximate surface area is 129 Å². The molecule has 1 aromatic carbocycles. The van der Waals surface area contributed by atoms with Gasteiger partial charge >= 0.3 is 6.09 Å². The van der Waals surface area contributed by atoms with Crippen LogP contribution < -0.4 is 5.32 Å². The normalized spacial score (nSPS) is 12.6. The Morgan fingerprint density at radius 1 is 1.30 bits per heavy atom. The average molecular weight is 364 g/mol. The van der Waals surface area contributed by atoms with Gasteiger partial charge in [-0.15, -0.1) is 0 Å². The Hall–Kier alpha value is -0.880. The van der Waals surface area contributed by atoms with E-state index in [-0.39, 0.29) is 11.4 Å². The van der Waals surface area contributed by atoms with E-state index in [0.717, 1.165) is 9.37 Å². The van der Waals surface area contributed by atoms with Crippen molar-refractivity contribution in [2.45, 2.75) is 43.9 Å². The average Bonchev–Trinajstić information content (AvgIpc) is 2.30. The second-order valence-corrected chi connectivity index (χ2v) is 9.68. The highest BCUT2D eigenvalue weighted by atomic mass is 79.9. The molecule has 1 N–H and O–H groups in total. The summed E-state index contributed by atoms with van der Waals surface area (Å²) in [6, 6.07) is 5.28. The number of halogens is 1. The molecule has 0 atom stereocenters. The van der Waals surface area contributed by atoms with E-state index in [9.17, 15) is 9.00 Å². The van der Waals surface area contributed by atoms with Gasteiger partial charge in [0.2, 0.25) is 0 Å². The Kier molecular flexibility index (Phi) is 5.77. The van der Waals surface area contributed by atoms with Crippen molar-refractivity contribution in [2.24, 2.45) is 0 Å². The van der Waals surface area contributed by atoms with Crippen LogP contribution in [0.3, 0.4) is 0 Å². The van der Waals surface area contributed by atoms with Crippen molar-refractivity contribution in [3.05, 3.63) is 22.7 Å². The molecule has 0 radical (unpaired) electrons. The van der Waals surface area contributed by atoms with Crippen molar-refractivity contribution in [3.8, 4) is 0 Å². The molecule has 0 unspecified atom stereocenters. The number of nitrogens with one attached hydrogen (secondary N) is 1. The van der Waals surface area contributed by atoms with Crippen LogP contribution in [0.25, 0.3) is 0 Å². The van der Waals surface area contributed by atoms with Crippen LogP contribution in [0.1, 0.15) is 27.7 Å². The minimum atomic E-state index is -2.49. The molecular weight excluding hydrogens is 342 g/mol. The van der Waals surface area contributed by atoms with Crippen molar-refractivity contribution in [2.75, 3.05) is 11.6 Å². The lowest BCUT2D eigenvalue weighted by molar-refractivity contribution is 0.130. The van der Waals surface area contributed by atoms with Gasteiger partial charge < -0.3 is 4.74 Å². The van der Waals surface area contributed by atoms with Crippen LogP contribution in [0.15, 0.2) is 27.6 Å². The van der Waals surface area contributed by atoms with Crippen LogP contribution in [0.5, 0.6) is 0 Å². The topological polar surface area (TPSA) is 55.4 Å². The highest BCUT2D eigenvalue weighted by Crippen LogP contribution is 2.31. The lowest BCUT2D eigenvalue weighted by Crippen LogP contribution is -2.23. The van der Waals surface area contributed by atoms with Gasteiger partial charge in [0.15, 0.2) is 0 Å². The predicted molar refractivity (Wildman–Crippen MR) is 88.2 cm³/mol. The summed E-state index contributed by atoms with van der Waals surface area (Å²) in [6.07, 6.45) is 1.06. The van der Waals surface area contributed by atoms with E-state index in [1.54, 1.807) is 38.3 Å². The number of amides is 1. The van der Waals surface area contributed by atoms with Crippen molar-refractivity contribution in [1.82, 2.24) is 0 Å². The second-order valence-electron chi connectivity index (χ2n) is 5.33. The summed E-state index contributed by atoms with van der Waals surface area (Å²) in [5.41, 5.74) is 0.580. The summed E-state index contributed by atoms with van der Waals surface area (Å²) < 4.78 is 18.6. The van der Waals surface area contributed by atoms with Crippen LogP contribution in [0, 0.1) is 0 Å². The number of carbonyl (C=O) groups is 1. The molecule has 1 amide bonds. The van der Waals surface area contributed by atoms with Crippen LogP contribution >= 0.6 is 15.9 Å². The molecule has 0 fully saturated rings. The monoisotopic (exact) mass is 363 g/mol. The molecular formula is C14H22BrNO3S. The number of hydrogen-bond acceptors (Lipinski definition) is 3. The summed E-state index contributed by atoms with van der Waals surface area (Å²) in [5, 5.41) is 2.69. The molecule has 1 rings (SSSR count). The van der Waals surface area contributed by atoms with Crippen molar-refractivity contribution in [1.29, 1.82) is 0 Å². The molecule has 0 spiro atoms. The van der Waals surface area contributed by atoms with Crippen LogP contribution in [0.4, 0.5) is 10.5 Å². The Balaban J connectivity index is 3.04. The number of benzene rings is 1. The van der Waals surface area contributed by atoms with Crippen molar-refractivity contribution >= 4 is 37.6 Å². The highest BCUT2D eigenvalue weighted by molar-refractivity contribution is 9.10. The van der Waals surface area contributed by atoms with Gasteiger partial charge in [-0.3, -0.25) is 9.53 Å². The fourth-order valence-electron chi connectivity index (χ4n) is 1.57. The quantitative estimate of drug-likeness (QED) is 0.799. The van der Waals surface area contributed by atoms with Crippen LogP contribution in [0.2, 0.25) is 0 Å². The highest BCUT2D eigenvalue weighted by Gasteiger charge is 2.20. The number of anilines is 1. The lowest BCUT2D eigenvalue weighted by Gasteiger charge is -2.25. The third kappa shape index (κ3) is 4.31. The maximum absolute atomic E-state index is 12.8. The maximum Gasteiger partial charge on any atom is 0.411 e. The van der Waals surface area contributed by atoms with E-state index in [4.69, 9.17) is 4.74 Å². The van der Waals surface area contributed by atoms with E-state index < -0.39 is 16.0 Å². The predicted octanol–water partition coefficient (Wildman–Crippen LogP) is 3.82. The molecule has 0 saturated heterocycles. The molecule has 0 saturated carbocycles. The van der Waals surface area contributed by atoms with E-state index >= 15 is 0 Å². The number of hydrogen-bond donors (Lipinski definition) is 2. The van der Waals surface area contributed by atoms with Crippen molar-refractivity contribution in [3.63, 3.8) is 0 Å². The van der Waals surface area contributed by atoms with E-state index in [2.05, 4.69) is 21.2 Å². The molecule has 0 aliphatic heterocycles. The molecule has 0 bridgehead atoms. The van der Waals surface area contributed by atoms with Gasteiger partial charge in [0.05, 0.1) is 6.10 Å². The van der Waals surface area contributed by atoms with Gasteiger partial charge in [0, 0.05) is 20.3 Å². The van der Waals surface area contributed by atoms with Gasteiger partial charge in [-0.25, -0.2) is 4.79 Å². The van der Waals surface area contributed by atoms with E-state index in [1.165, 1.54) is 0 Å². The van der Waals surface area contributed by atoms with E-state index in [1.807, 2.05) is 13.8 Å². The summed E-state index contributed by atoms with van der Waals surface area (Å²) in [7, 11) is -2.49. The molecule has 114 valence electrons. The van der Waals surface area contributed by atoms with Gasteiger partial charge in [-0.1, -0.05) is 23.8 Å². The van der Waals surface area contributed by atoms with Crippen LogP contribution in [-0.4, -0.2) is 27.9 Å². The smallest absolute Gasteiger partial charge is 0.411 e. The molecule has 6 heteroatoms. The second kappa shape index (κ2) is 6.72. The zero-order valence-electron chi connectivity index (χ0n) is 12.4. The first-order chi connectivity index (χ1) is 9.14. The molecule has 0 aliphatic rings. The van der Waals surface area contributed by atoms with E-state index in [0.29, 0.717) is 5.69 Å². The SMILES string of the molecule is CC(C)OC(=O)Nc1ccc(Br)c([SH](C)(=O)C(C)C)c1. The fraction of sp³-hybridized carbons (Fsp3) is 0.500. The van der Waals surface area contributed by atoms with Gasteiger partial charge in [-0.2, -0.15) is 0 Å². The lowest BCUT2D eigenvalue weighted by atomic mass is 10.3. The minimum absolute atomic E-state index is 0.0386. The first-order valence-corrected chi connectivity index (χ1v) is 9.51. The van der Waals surface area contributed by atoms with Gasteiger partial charge in [0.25, 0.3) is 0 Å². The molecule has 0 aliphatic carbocycles. The van der Waals surface area contributed by atoms with Gasteiger partial charge in [0.1, 0.15) is 0 Å². The van der Waals surface area contributed by atoms with Crippen LogP contribution in [-0.2, 0) is 14.7 Å². The zero-order chi connectivity index (χ0) is 15.5. The summed E-state index contributed by atoms with van der Waals surface area (Å²) in [4.78, 5) is 12.3. The molecule has 0 aromatic heterocycles. The molecule has 20 heavy (non-hydrogen) atoms. The Morgan fingerprint density at radius 3 is 2.40 bits per heavy atom. The fourth-order valence-corrected chi connectivity index (χ4v) is 4.32. The number of rotatable bonds is 4. The number of ether oxygens (including phenoxy) is 1. The van der Waals surface area contributed by atoms with Gasteiger partial charge in [-0.05, 0) is 54.2 Å². The zero-order valence-corrected chi connectivity index (χ0v) is 14.9.